The van der Waals surface area contributed by atoms with Crippen molar-refractivity contribution in [3.05, 3.63) is 41.6 Å². The standard InChI is InChI=1S/C16H18N3OS/c1-17(2)11-5-7-13-15(9-11)21-16-10-12(18(3)4)6-8-14(16)19(13)20/h5-10H,1-4H3/q-1. The van der Waals surface area contributed by atoms with Gasteiger partial charge in [-0.25, -0.2) is 0 Å². The van der Waals surface area contributed by atoms with Crippen molar-refractivity contribution in [1.82, 2.24) is 0 Å². The van der Waals surface area contributed by atoms with E-state index in [9.17, 15) is 5.21 Å². The van der Waals surface area contributed by atoms with Crippen molar-refractivity contribution >= 4 is 34.5 Å². The average molecular weight is 300 g/mol. The third-order valence-corrected chi connectivity index (χ3v) is 4.67. The van der Waals surface area contributed by atoms with Gasteiger partial charge < -0.3 is 20.1 Å². The Hall–Kier alpha value is -1.85. The molecular formula is C16H18N3OS-. The predicted octanol–water partition coefficient (Wildman–Crippen LogP) is 3.92. The third-order valence-electron chi connectivity index (χ3n) is 3.58. The molecule has 0 radical (unpaired) electrons. The van der Waals surface area contributed by atoms with E-state index < -0.39 is 0 Å². The molecular weight excluding hydrogens is 282 g/mol. The molecule has 1 aliphatic rings. The average Bonchev–Trinajstić information content (AvgIpc) is 2.46. The highest BCUT2D eigenvalue weighted by molar-refractivity contribution is 7.99. The molecule has 1 aliphatic heterocycles. The summed E-state index contributed by atoms with van der Waals surface area (Å²) in [5.74, 6) is 0. The lowest BCUT2D eigenvalue weighted by Gasteiger charge is -2.38. The van der Waals surface area contributed by atoms with Crippen molar-refractivity contribution in [1.29, 1.82) is 0 Å². The zero-order chi connectivity index (χ0) is 15.1. The summed E-state index contributed by atoms with van der Waals surface area (Å²) in [7, 11) is 8.01. The highest BCUT2D eigenvalue weighted by Crippen LogP contribution is 2.49. The fraction of sp³-hybridized carbons (Fsp3) is 0.250. The van der Waals surface area contributed by atoms with Gasteiger partial charge in [0.1, 0.15) is 0 Å². The monoisotopic (exact) mass is 300 g/mol. The summed E-state index contributed by atoms with van der Waals surface area (Å²) in [6, 6.07) is 11.9. The van der Waals surface area contributed by atoms with Crippen LogP contribution in [0, 0.1) is 5.21 Å². The van der Waals surface area contributed by atoms with E-state index in [0.29, 0.717) is 0 Å². The van der Waals surface area contributed by atoms with E-state index in [1.165, 1.54) is 0 Å². The molecule has 3 rings (SSSR count). The van der Waals surface area contributed by atoms with Gasteiger partial charge in [-0.15, -0.1) is 0 Å². The SMILES string of the molecule is CN(C)c1ccc2c(c1)Sc1cc(N(C)C)ccc1N2[O-]. The van der Waals surface area contributed by atoms with Crippen LogP contribution in [0.25, 0.3) is 0 Å². The van der Waals surface area contributed by atoms with Crippen molar-refractivity contribution in [3.8, 4) is 0 Å². The lowest BCUT2D eigenvalue weighted by Crippen LogP contribution is -2.15. The minimum Gasteiger partial charge on any atom is -0.754 e. The predicted molar refractivity (Wildman–Crippen MR) is 91.2 cm³/mol. The second kappa shape index (κ2) is 5.16. The fourth-order valence-corrected chi connectivity index (χ4v) is 3.42. The maximum Gasteiger partial charge on any atom is 0.0447 e. The van der Waals surface area contributed by atoms with Crippen LogP contribution in [0.2, 0.25) is 0 Å². The Bertz CT molecular complexity index is 628. The normalized spacial score (nSPS) is 12.7. The lowest BCUT2D eigenvalue weighted by atomic mass is 10.2. The van der Waals surface area contributed by atoms with E-state index >= 15 is 0 Å². The Kier molecular flexibility index (Phi) is 3.47. The summed E-state index contributed by atoms with van der Waals surface area (Å²) >= 11 is 1.65. The second-order valence-electron chi connectivity index (χ2n) is 5.49. The summed E-state index contributed by atoms with van der Waals surface area (Å²) in [4.78, 5) is 6.09. The van der Waals surface area contributed by atoms with Gasteiger partial charge in [-0.3, -0.25) is 0 Å². The largest absolute Gasteiger partial charge is 0.754 e. The zero-order valence-corrected chi connectivity index (χ0v) is 13.4. The second-order valence-corrected chi connectivity index (χ2v) is 6.57. The molecule has 2 aromatic rings. The molecule has 110 valence electrons. The minimum absolute atomic E-state index is 0.718. The number of fused-ring (bicyclic) bond motifs is 2. The molecule has 0 N–H and O–H groups in total. The summed E-state index contributed by atoms with van der Waals surface area (Å²) in [5, 5.41) is 13.6. The number of rotatable bonds is 2. The first-order chi connectivity index (χ1) is 9.97. The number of anilines is 4. The van der Waals surface area contributed by atoms with Gasteiger partial charge in [0, 0.05) is 60.7 Å². The van der Waals surface area contributed by atoms with Crippen molar-refractivity contribution in [2.75, 3.05) is 43.1 Å². The van der Waals surface area contributed by atoms with Crippen LogP contribution in [-0.4, -0.2) is 28.2 Å². The summed E-state index contributed by atoms with van der Waals surface area (Å²) < 4.78 is 0. The molecule has 2 aromatic carbocycles. The summed E-state index contributed by atoms with van der Waals surface area (Å²) in [6.45, 7) is 0. The van der Waals surface area contributed by atoms with Crippen molar-refractivity contribution < 1.29 is 0 Å². The first-order valence-electron chi connectivity index (χ1n) is 6.75. The van der Waals surface area contributed by atoms with E-state index in [0.717, 1.165) is 37.6 Å². The molecule has 4 nitrogen and oxygen atoms in total. The molecule has 0 atom stereocenters. The molecule has 5 heteroatoms. The Morgan fingerprint density at radius 3 is 1.62 bits per heavy atom. The van der Waals surface area contributed by atoms with Crippen molar-refractivity contribution in [2.45, 2.75) is 9.79 Å². The first kappa shape index (κ1) is 14.1. The maximum absolute atomic E-state index is 12.5. The molecule has 21 heavy (non-hydrogen) atoms. The molecule has 0 amide bonds. The van der Waals surface area contributed by atoms with E-state index in [4.69, 9.17) is 0 Å². The van der Waals surface area contributed by atoms with Gasteiger partial charge in [-0.05, 0) is 36.4 Å². The minimum atomic E-state index is 0.718. The van der Waals surface area contributed by atoms with Gasteiger partial charge in [-0.2, -0.15) is 0 Å². The number of nitrogens with zero attached hydrogens (tertiary/aromatic N) is 3. The van der Waals surface area contributed by atoms with Gasteiger partial charge in [0.15, 0.2) is 0 Å². The van der Waals surface area contributed by atoms with E-state index in [1.54, 1.807) is 11.8 Å². The molecule has 0 saturated heterocycles. The number of hydrogen-bond donors (Lipinski definition) is 0. The fourth-order valence-electron chi connectivity index (χ4n) is 2.31. The van der Waals surface area contributed by atoms with E-state index in [1.807, 2.05) is 62.3 Å². The van der Waals surface area contributed by atoms with E-state index in [2.05, 4.69) is 12.1 Å². The van der Waals surface area contributed by atoms with Crippen LogP contribution in [0.1, 0.15) is 0 Å². The van der Waals surface area contributed by atoms with Crippen LogP contribution in [0.4, 0.5) is 22.7 Å². The van der Waals surface area contributed by atoms with Crippen LogP contribution in [0.5, 0.6) is 0 Å². The molecule has 0 aromatic heterocycles. The number of hydrogen-bond acceptors (Lipinski definition) is 5. The van der Waals surface area contributed by atoms with Crippen LogP contribution in [0.3, 0.4) is 0 Å². The lowest BCUT2D eigenvalue weighted by molar-refractivity contribution is 1.09. The molecule has 0 saturated carbocycles. The Labute approximate surface area is 129 Å². The molecule has 1 heterocycles. The van der Waals surface area contributed by atoms with Gasteiger partial charge in [-0.1, -0.05) is 11.8 Å². The Morgan fingerprint density at radius 1 is 0.810 bits per heavy atom. The summed E-state index contributed by atoms with van der Waals surface area (Å²) in [6.07, 6.45) is 0. The van der Waals surface area contributed by atoms with Crippen molar-refractivity contribution in [2.24, 2.45) is 0 Å². The van der Waals surface area contributed by atoms with Crippen LogP contribution in [-0.2, 0) is 0 Å². The highest BCUT2D eigenvalue weighted by atomic mass is 32.2. The van der Waals surface area contributed by atoms with Crippen molar-refractivity contribution in [3.63, 3.8) is 0 Å². The third kappa shape index (κ3) is 2.43. The van der Waals surface area contributed by atoms with Gasteiger partial charge in [0.2, 0.25) is 0 Å². The highest BCUT2D eigenvalue weighted by Gasteiger charge is 2.19. The first-order valence-corrected chi connectivity index (χ1v) is 7.57. The van der Waals surface area contributed by atoms with Gasteiger partial charge in [0.25, 0.3) is 0 Å². The van der Waals surface area contributed by atoms with Crippen LogP contribution < -0.4 is 14.9 Å². The molecule has 0 unspecified atom stereocenters. The number of benzene rings is 2. The Morgan fingerprint density at radius 2 is 1.24 bits per heavy atom. The zero-order valence-electron chi connectivity index (χ0n) is 12.6. The molecule has 0 bridgehead atoms. The topological polar surface area (TPSA) is 32.8 Å². The van der Waals surface area contributed by atoms with E-state index in [-0.39, 0.29) is 0 Å². The molecule has 0 aliphatic carbocycles. The summed E-state index contributed by atoms with van der Waals surface area (Å²) in [5.41, 5.74) is 3.63. The molecule has 0 fully saturated rings. The van der Waals surface area contributed by atoms with Crippen LogP contribution in [0.15, 0.2) is 46.2 Å². The maximum atomic E-state index is 12.5. The van der Waals surface area contributed by atoms with Crippen LogP contribution >= 0.6 is 11.8 Å². The quantitative estimate of drug-likeness (QED) is 0.839. The smallest absolute Gasteiger partial charge is 0.0447 e. The van der Waals surface area contributed by atoms with Gasteiger partial charge in [0.05, 0.1) is 0 Å². The molecule has 0 spiro atoms. The Balaban J connectivity index is 2.06. The van der Waals surface area contributed by atoms with Gasteiger partial charge >= 0.3 is 0 Å².